The molecule has 1 rings (SSSR count). The minimum absolute atomic E-state index is 0.118. The molecule has 1 fully saturated rings. The van der Waals surface area contributed by atoms with Crippen molar-refractivity contribution in [3.63, 3.8) is 0 Å². The summed E-state index contributed by atoms with van der Waals surface area (Å²) in [6.45, 7) is 2.70. The highest BCUT2D eigenvalue weighted by Gasteiger charge is 2.42. The Hall–Kier alpha value is -0.400. The summed E-state index contributed by atoms with van der Waals surface area (Å²) in [7, 11) is 1.95. The van der Waals surface area contributed by atoms with Crippen molar-refractivity contribution < 1.29 is 13.2 Å². The van der Waals surface area contributed by atoms with Gasteiger partial charge in [-0.05, 0) is 7.05 Å². The summed E-state index contributed by atoms with van der Waals surface area (Å²) in [4.78, 5) is 3.38. The number of alkyl halides is 3. The molecule has 0 spiro atoms. The molecule has 0 amide bonds. The van der Waals surface area contributed by atoms with Crippen LogP contribution in [0.15, 0.2) is 0 Å². The first-order valence-electron chi connectivity index (χ1n) is 5.07. The Kier molecular flexibility index (Phi) is 4.52. The number of hydrogen-bond acceptors (Lipinski definition) is 3. The third kappa shape index (κ3) is 3.88. The van der Waals surface area contributed by atoms with E-state index in [0.717, 1.165) is 13.1 Å². The maximum absolute atomic E-state index is 12.6. The number of halogens is 3. The Morgan fingerprint density at radius 3 is 2.19 bits per heavy atom. The van der Waals surface area contributed by atoms with E-state index in [4.69, 9.17) is 5.73 Å². The third-order valence-corrected chi connectivity index (χ3v) is 3.06. The first-order valence-corrected chi connectivity index (χ1v) is 5.48. The average Bonchev–Trinajstić information content (AvgIpc) is 2.14. The number of rotatable bonds is 3. The van der Waals surface area contributed by atoms with Gasteiger partial charge >= 0.3 is 6.18 Å². The van der Waals surface area contributed by atoms with Crippen LogP contribution in [-0.2, 0) is 0 Å². The predicted molar refractivity (Wildman–Crippen MR) is 60.3 cm³/mol. The summed E-state index contributed by atoms with van der Waals surface area (Å²) < 4.78 is 37.8. The predicted octanol–water partition coefficient (Wildman–Crippen LogP) is 0.698. The van der Waals surface area contributed by atoms with E-state index in [-0.39, 0.29) is 6.54 Å². The lowest BCUT2D eigenvalue weighted by Crippen LogP contribution is -2.50. The van der Waals surface area contributed by atoms with Gasteiger partial charge in [-0.2, -0.15) is 13.2 Å². The number of nitrogens with two attached hydrogens (primary N) is 1. The summed E-state index contributed by atoms with van der Waals surface area (Å²) in [6.07, 6.45) is -4.34. The second-order valence-electron chi connectivity index (χ2n) is 4.10. The molecule has 0 aromatic rings. The Morgan fingerprint density at radius 2 is 1.81 bits per heavy atom. The van der Waals surface area contributed by atoms with Crippen LogP contribution in [0.1, 0.15) is 0 Å². The van der Waals surface area contributed by atoms with Crippen molar-refractivity contribution in [1.82, 2.24) is 9.80 Å². The fourth-order valence-corrected chi connectivity index (χ4v) is 1.85. The van der Waals surface area contributed by atoms with Gasteiger partial charge in [-0.15, -0.1) is 0 Å². The van der Waals surface area contributed by atoms with Crippen molar-refractivity contribution in [3.8, 4) is 0 Å². The third-order valence-electron chi connectivity index (χ3n) is 2.78. The van der Waals surface area contributed by atoms with Crippen molar-refractivity contribution >= 4 is 17.2 Å². The van der Waals surface area contributed by atoms with Crippen molar-refractivity contribution in [2.75, 3.05) is 39.8 Å². The van der Waals surface area contributed by atoms with E-state index >= 15 is 0 Å². The van der Waals surface area contributed by atoms with Gasteiger partial charge in [-0.3, -0.25) is 4.90 Å². The highest BCUT2D eigenvalue weighted by Crippen LogP contribution is 2.27. The van der Waals surface area contributed by atoms with Gasteiger partial charge in [0.15, 0.2) is 0 Å². The van der Waals surface area contributed by atoms with Crippen LogP contribution in [-0.4, -0.2) is 60.7 Å². The highest BCUT2D eigenvalue weighted by molar-refractivity contribution is 7.80. The first-order chi connectivity index (χ1) is 7.30. The maximum Gasteiger partial charge on any atom is 0.399 e. The minimum Gasteiger partial charge on any atom is -0.393 e. The zero-order valence-corrected chi connectivity index (χ0v) is 9.94. The molecule has 2 N–H and O–H groups in total. The van der Waals surface area contributed by atoms with Crippen molar-refractivity contribution in [2.24, 2.45) is 11.7 Å². The smallest absolute Gasteiger partial charge is 0.393 e. The van der Waals surface area contributed by atoms with Gasteiger partial charge in [0.2, 0.25) is 0 Å². The summed E-state index contributed by atoms with van der Waals surface area (Å²) in [5.41, 5.74) is 5.14. The molecule has 1 heterocycles. The summed E-state index contributed by atoms with van der Waals surface area (Å²) >= 11 is 4.48. The Bertz CT molecular complexity index is 249. The normalized spacial score (nSPS) is 22.0. The van der Waals surface area contributed by atoms with Crippen LogP contribution in [0.5, 0.6) is 0 Å². The zero-order chi connectivity index (χ0) is 12.3. The summed E-state index contributed by atoms with van der Waals surface area (Å²) in [5, 5.41) is 0. The van der Waals surface area contributed by atoms with E-state index in [1.165, 1.54) is 0 Å². The lowest BCUT2D eigenvalue weighted by atomic mass is 10.1. The van der Waals surface area contributed by atoms with Crippen LogP contribution in [0.3, 0.4) is 0 Å². The van der Waals surface area contributed by atoms with E-state index in [0.29, 0.717) is 13.1 Å². The largest absolute Gasteiger partial charge is 0.399 e. The molecule has 0 radical (unpaired) electrons. The van der Waals surface area contributed by atoms with Gasteiger partial charge in [-0.25, -0.2) is 0 Å². The van der Waals surface area contributed by atoms with Gasteiger partial charge in [0.05, 0.1) is 4.99 Å². The molecule has 0 aliphatic carbocycles. The van der Waals surface area contributed by atoms with Crippen molar-refractivity contribution in [3.05, 3.63) is 0 Å². The molecule has 1 aliphatic rings. The van der Waals surface area contributed by atoms with E-state index in [1.54, 1.807) is 4.90 Å². The second-order valence-corrected chi connectivity index (χ2v) is 4.57. The first kappa shape index (κ1) is 13.7. The number of likely N-dealkylation sites (N-methyl/N-ethyl adjacent to an activating group) is 1. The number of thiocarbonyl (C=S) groups is 1. The lowest BCUT2D eigenvalue weighted by molar-refractivity contribution is -0.160. The van der Waals surface area contributed by atoms with Crippen molar-refractivity contribution in [1.29, 1.82) is 0 Å². The van der Waals surface area contributed by atoms with Gasteiger partial charge in [0.1, 0.15) is 5.92 Å². The fraction of sp³-hybridized carbons (Fsp3) is 0.889. The van der Waals surface area contributed by atoms with Gasteiger partial charge in [0, 0.05) is 32.7 Å². The zero-order valence-electron chi connectivity index (χ0n) is 9.13. The van der Waals surface area contributed by atoms with Crippen LogP contribution in [0, 0.1) is 5.92 Å². The van der Waals surface area contributed by atoms with Crippen LogP contribution >= 0.6 is 12.2 Å². The van der Waals surface area contributed by atoms with Crippen LogP contribution in [0.25, 0.3) is 0 Å². The van der Waals surface area contributed by atoms with Crippen LogP contribution in [0.4, 0.5) is 13.2 Å². The summed E-state index contributed by atoms with van der Waals surface area (Å²) in [5.74, 6) is -1.69. The second kappa shape index (κ2) is 5.29. The SMILES string of the molecule is CN1CCN(CC(C(N)=S)C(F)(F)F)CC1. The molecule has 1 unspecified atom stereocenters. The number of piperazine rings is 1. The average molecular weight is 255 g/mol. The molecule has 0 saturated carbocycles. The molecular formula is C9H16F3N3S. The maximum atomic E-state index is 12.6. The molecule has 0 bridgehead atoms. The molecule has 7 heteroatoms. The molecule has 0 aromatic carbocycles. The van der Waals surface area contributed by atoms with Gasteiger partial charge in [-0.1, -0.05) is 12.2 Å². The van der Waals surface area contributed by atoms with Gasteiger partial charge in [0.25, 0.3) is 0 Å². The molecule has 16 heavy (non-hydrogen) atoms. The Labute approximate surface area is 98.4 Å². The van der Waals surface area contributed by atoms with Crippen LogP contribution in [0.2, 0.25) is 0 Å². The molecule has 3 nitrogen and oxygen atoms in total. The molecular weight excluding hydrogens is 239 g/mol. The molecule has 1 saturated heterocycles. The number of hydrogen-bond donors (Lipinski definition) is 1. The minimum atomic E-state index is -4.34. The lowest BCUT2D eigenvalue weighted by Gasteiger charge is -2.34. The molecule has 0 aromatic heterocycles. The topological polar surface area (TPSA) is 32.5 Å². The van der Waals surface area contributed by atoms with E-state index in [2.05, 4.69) is 17.1 Å². The quantitative estimate of drug-likeness (QED) is 0.752. The van der Waals surface area contributed by atoms with Gasteiger partial charge < -0.3 is 10.6 Å². The van der Waals surface area contributed by atoms with E-state index < -0.39 is 17.1 Å². The number of nitrogens with zero attached hydrogens (tertiary/aromatic N) is 2. The molecule has 1 atom stereocenters. The van der Waals surface area contributed by atoms with Crippen molar-refractivity contribution in [2.45, 2.75) is 6.18 Å². The molecule has 1 aliphatic heterocycles. The Balaban J connectivity index is 2.53. The standard InChI is InChI=1S/C9H16F3N3S/c1-14-2-4-15(5-3-14)6-7(8(13)16)9(10,11)12/h7H,2-6H2,1H3,(H2,13,16). The Morgan fingerprint density at radius 1 is 1.31 bits per heavy atom. The van der Waals surface area contributed by atoms with E-state index in [9.17, 15) is 13.2 Å². The monoisotopic (exact) mass is 255 g/mol. The molecule has 94 valence electrons. The van der Waals surface area contributed by atoms with E-state index in [1.807, 2.05) is 7.05 Å². The highest BCUT2D eigenvalue weighted by atomic mass is 32.1. The fourth-order valence-electron chi connectivity index (χ4n) is 1.64. The van der Waals surface area contributed by atoms with Crippen LogP contribution < -0.4 is 5.73 Å². The summed E-state index contributed by atoms with van der Waals surface area (Å²) in [6, 6.07) is 0.